The van der Waals surface area contributed by atoms with Gasteiger partial charge in [0.05, 0.1) is 0 Å². The summed E-state index contributed by atoms with van der Waals surface area (Å²) in [7, 11) is 0. The maximum atomic E-state index is 4.03. The van der Waals surface area contributed by atoms with Gasteiger partial charge in [0, 0.05) is 12.6 Å². The van der Waals surface area contributed by atoms with Crippen LogP contribution in [0.3, 0.4) is 0 Å². The predicted octanol–water partition coefficient (Wildman–Crippen LogP) is 1.45. The highest BCUT2D eigenvalue weighted by molar-refractivity contribution is 5.77. The molecular formula is C10H13N5. The molecule has 0 aromatic carbocycles. The normalized spacial score (nSPS) is 11.3. The topological polar surface area (TPSA) is 63.9 Å². The largest absolute Gasteiger partial charge is 0.253 e. The summed E-state index contributed by atoms with van der Waals surface area (Å²) >= 11 is 0. The molecule has 0 aliphatic heterocycles. The van der Waals surface area contributed by atoms with Crippen LogP contribution in [0.25, 0.3) is 5.70 Å². The van der Waals surface area contributed by atoms with Crippen LogP contribution in [-0.4, -0.2) is 26.6 Å². The average Bonchev–Trinajstić information content (AvgIpc) is 2.29. The van der Waals surface area contributed by atoms with E-state index in [4.69, 9.17) is 0 Å². The van der Waals surface area contributed by atoms with Crippen molar-refractivity contribution in [2.24, 2.45) is 4.99 Å². The predicted molar refractivity (Wildman–Crippen MR) is 59.3 cm³/mol. The van der Waals surface area contributed by atoms with E-state index < -0.39 is 0 Å². The molecule has 0 amide bonds. The fraction of sp³-hybridized carbons (Fsp3) is 0.300. The van der Waals surface area contributed by atoms with Gasteiger partial charge >= 0.3 is 0 Å². The van der Waals surface area contributed by atoms with Crippen molar-refractivity contribution in [2.75, 3.05) is 0 Å². The van der Waals surface area contributed by atoms with Crippen LogP contribution in [0, 0.1) is 0 Å². The number of hydrogen-bond donors (Lipinski definition) is 0. The Morgan fingerprint density at radius 3 is 2.53 bits per heavy atom. The molecule has 78 valence electrons. The Hall–Kier alpha value is -1.91. The van der Waals surface area contributed by atoms with Gasteiger partial charge in [-0.3, -0.25) is 4.99 Å². The molecule has 15 heavy (non-hydrogen) atoms. The summed E-state index contributed by atoms with van der Waals surface area (Å²) in [6.07, 6.45) is 6.01. The highest BCUT2D eigenvalue weighted by Gasteiger charge is 2.02. The molecule has 0 radical (unpaired) electrons. The van der Waals surface area contributed by atoms with Crippen molar-refractivity contribution in [3.63, 3.8) is 0 Å². The fourth-order valence-corrected chi connectivity index (χ4v) is 0.784. The van der Waals surface area contributed by atoms with Gasteiger partial charge in [-0.05, 0) is 13.0 Å². The Labute approximate surface area is 88.7 Å². The molecule has 0 aliphatic carbocycles. The molecule has 5 nitrogen and oxygen atoms in total. The zero-order valence-electron chi connectivity index (χ0n) is 8.88. The van der Waals surface area contributed by atoms with E-state index in [1.165, 1.54) is 0 Å². The van der Waals surface area contributed by atoms with Crippen LogP contribution >= 0.6 is 0 Å². The standard InChI is InChI=1S/C10H13N5/c1-4-6-7-11-8(3)10-14-12-9(5-2)13-15-10/h4,6-7H,3,5H2,1-2H3/b6-4-,11-7?. The summed E-state index contributed by atoms with van der Waals surface area (Å²) < 4.78 is 0. The quantitative estimate of drug-likeness (QED) is 0.695. The van der Waals surface area contributed by atoms with E-state index in [0.717, 1.165) is 0 Å². The molecule has 5 heteroatoms. The zero-order valence-corrected chi connectivity index (χ0v) is 8.88. The first-order valence-electron chi connectivity index (χ1n) is 4.68. The van der Waals surface area contributed by atoms with Gasteiger partial charge in [-0.25, -0.2) is 0 Å². The summed E-state index contributed by atoms with van der Waals surface area (Å²) in [5, 5.41) is 15.5. The number of nitrogens with zero attached hydrogens (tertiary/aromatic N) is 5. The van der Waals surface area contributed by atoms with E-state index in [2.05, 4.69) is 32.0 Å². The van der Waals surface area contributed by atoms with Gasteiger partial charge in [-0.15, -0.1) is 20.4 Å². The monoisotopic (exact) mass is 203 g/mol. The first kappa shape index (κ1) is 11.2. The van der Waals surface area contributed by atoms with Crippen LogP contribution in [-0.2, 0) is 6.42 Å². The van der Waals surface area contributed by atoms with Gasteiger partial charge in [0.1, 0.15) is 5.70 Å². The van der Waals surface area contributed by atoms with Gasteiger partial charge in [0.25, 0.3) is 0 Å². The van der Waals surface area contributed by atoms with Crippen LogP contribution in [0.2, 0.25) is 0 Å². The summed E-state index contributed by atoms with van der Waals surface area (Å²) in [5.74, 6) is 0.969. The van der Waals surface area contributed by atoms with Gasteiger partial charge in [0.2, 0.25) is 5.82 Å². The minimum atomic E-state index is 0.355. The first-order valence-corrected chi connectivity index (χ1v) is 4.68. The highest BCUT2D eigenvalue weighted by Crippen LogP contribution is 2.04. The van der Waals surface area contributed by atoms with Crippen LogP contribution in [0.5, 0.6) is 0 Å². The Morgan fingerprint density at radius 1 is 1.33 bits per heavy atom. The number of rotatable bonds is 4. The molecule has 0 bridgehead atoms. The highest BCUT2D eigenvalue weighted by atomic mass is 15.3. The van der Waals surface area contributed by atoms with Crippen LogP contribution in [0.15, 0.2) is 23.7 Å². The molecule has 1 aromatic heterocycles. The van der Waals surface area contributed by atoms with Crippen LogP contribution < -0.4 is 0 Å². The third-order valence-corrected chi connectivity index (χ3v) is 1.60. The number of aromatic nitrogens is 4. The van der Waals surface area contributed by atoms with E-state index in [0.29, 0.717) is 23.8 Å². The molecule has 0 atom stereocenters. The molecule has 1 rings (SSSR count). The van der Waals surface area contributed by atoms with Crippen molar-refractivity contribution in [1.82, 2.24) is 20.4 Å². The molecule has 1 aromatic rings. The SMILES string of the molecule is C=C(N=C/C=C\C)c1nnc(CC)nn1. The summed E-state index contributed by atoms with van der Waals surface area (Å²) in [5.41, 5.74) is 0.454. The lowest BCUT2D eigenvalue weighted by Gasteiger charge is -1.96. The van der Waals surface area contributed by atoms with E-state index in [1.54, 1.807) is 12.3 Å². The molecule has 0 saturated heterocycles. The Morgan fingerprint density at radius 2 is 2.00 bits per heavy atom. The number of hydrogen-bond acceptors (Lipinski definition) is 5. The smallest absolute Gasteiger partial charge is 0.221 e. The van der Waals surface area contributed by atoms with Crippen LogP contribution in [0.4, 0.5) is 0 Å². The number of aryl methyl sites for hydroxylation is 1. The first-order chi connectivity index (χ1) is 7.27. The van der Waals surface area contributed by atoms with E-state index in [1.807, 2.05) is 19.9 Å². The Balaban J connectivity index is 2.74. The number of aliphatic imine (C=N–C) groups is 1. The van der Waals surface area contributed by atoms with Crippen molar-refractivity contribution in [3.05, 3.63) is 30.4 Å². The third-order valence-electron chi connectivity index (χ3n) is 1.60. The summed E-state index contributed by atoms with van der Waals surface area (Å²) in [4.78, 5) is 4.03. The van der Waals surface area contributed by atoms with Crippen LogP contribution in [0.1, 0.15) is 25.5 Å². The van der Waals surface area contributed by atoms with Crippen molar-refractivity contribution in [1.29, 1.82) is 0 Å². The second-order valence-corrected chi connectivity index (χ2v) is 2.74. The fourth-order valence-electron chi connectivity index (χ4n) is 0.784. The lowest BCUT2D eigenvalue weighted by molar-refractivity contribution is 0.753. The van der Waals surface area contributed by atoms with Crippen molar-refractivity contribution in [3.8, 4) is 0 Å². The molecular weight excluding hydrogens is 190 g/mol. The van der Waals surface area contributed by atoms with Crippen molar-refractivity contribution in [2.45, 2.75) is 20.3 Å². The lowest BCUT2D eigenvalue weighted by Crippen LogP contribution is -2.03. The summed E-state index contributed by atoms with van der Waals surface area (Å²) in [6, 6.07) is 0. The van der Waals surface area contributed by atoms with E-state index in [-0.39, 0.29) is 0 Å². The molecule has 0 unspecified atom stereocenters. The number of allylic oxidation sites excluding steroid dienone is 2. The maximum Gasteiger partial charge on any atom is 0.221 e. The third kappa shape index (κ3) is 3.38. The van der Waals surface area contributed by atoms with E-state index >= 15 is 0 Å². The van der Waals surface area contributed by atoms with Gasteiger partial charge in [-0.2, -0.15) is 0 Å². The minimum Gasteiger partial charge on any atom is -0.253 e. The maximum absolute atomic E-state index is 4.03. The lowest BCUT2D eigenvalue weighted by atomic mass is 10.4. The van der Waals surface area contributed by atoms with Gasteiger partial charge in [-0.1, -0.05) is 19.6 Å². The second-order valence-electron chi connectivity index (χ2n) is 2.74. The second kappa shape index (κ2) is 5.74. The van der Waals surface area contributed by atoms with Crippen molar-refractivity contribution >= 4 is 11.9 Å². The Bertz CT molecular complexity index is 377. The molecule has 0 N–H and O–H groups in total. The van der Waals surface area contributed by atoms with Crippen molar-refractivity contribution < 1.29 is 0 Å². The average molecular weight is 203 g/mol. The van der Waals surface area contributed by atoms with E-state index in [9.17, 15) is 0 Å². The molecule has 0 spiro atoms. The molecule has 0 fully saturated rings. The molecule has 1 heterocycles. The Kier molecular flexibility index (Phi) is 4.28. The molecule has 0 aliphatic rings. The molecule has 0 saturated carbocycles. The summed E-state index contributed by atoms with van der Waals surface area (Å²) in [6.45, 7) is 7.56. The zero-order chi connectivity index (χ0) is 11.1. The van der Waals surface area contributed by atoms with Gasteiger partial charge < -0.3 is 0 Å². The minimum absolute atomic E-state index is 0.355. The van der Waals surface area contributed by atoms with Gasteiger partial charge in [0.15, 0.2) is 5.82 Å².